The summed E-state index contributed by atoms with van der Waals surface area (Å²) in [5, 5.41) is 11.7. The lowest BCUT2D eigenvalue weighted by atomic mass is 9.31. The van der Waals surface area contributed by atoms with Gasteiger partial charge in [-0.15, -0.1) is 0 Å². The van der Waals surface area contributed by atoms with Gasteiger partial charge in [-0.1, -0.05) is 86.0 Å². The largest absolute Gasteiger partial charge is 0.467 e. The number of hydrogen-bond acceptors (Lipinski definition) is 10. The number of nitrogens with one attached hydrogen (secondary N) is 1. The van der Waals surface area contributed by atoms with Crippen molar-refractivity contribution in [1.29, 1.82) is 0 Å². The summed E-state index contributed by atoms with van der Waals surface area (Å²) >= 11 is 0. The van der Waals surface area contributed by atoms with Crippen molar-refractivity contribution in [3.63, 3.8) is 0 Å². The summed E-state index contributed by atoms with van der Waals surface area (Å²) in [6, 6.07) is 35.7. The molecule has 2 saturated heterocycles. The Morgan fingerprint density at radius 1 is 0.631 bits per heavy atom. The maximum absolute atomic E-state index is 17.9. The highest BCUT2D eigenvalue weighted by atomic mass is 16.3. The average Bonchev–Trinajstić information content (AvgIpc) is 4.23. The van der Waals surface area contributed by atoms with Gasteiger partial charge in [0.15, 0.2) is 5.78 Å². The van der Waals surface area contributed by atoms with Gasteiger partial charge in [-0.05, 0) is 129 Å². The van der Waals surface area contributed by atoms with Crippen molar-refractivity contribution in [1.82, 2.24) is 44.9 Å². The molecule has 11 heteroatoms. The van der Waals surface area contributed by atoms with E-state index in [1.807, 2.05) is 73.6 Å². The second kappa shape index (κ2) is 15.9. The molecule has 2 aliphatic carbocycles. The van der Waals surface area contributed by atoms with Crippen molar-refractivity contribution in [2.75, 3.05) is 26.2 Å². The lowest BCUT2D eigenvalue weighted by molar-refractivity contribution is -0.233. The number of nitrogens with zero attached hydrogens (tertiary/aromatic N) is 8. The minimum atomic E-state index is -1.38. The van der Waals surface area contributed by atoms with Crippen molar-refractivity contribution in [3.05, 3.63) is 181 Å². The SMILES string of the molecule is O=C(c1ccc2ccccc2n1)C1(c2cccc3ccccc23)C2CCCCC2C(c2cnccn2)(c2ncccn2)C(c2ccn[nH]2)(N2CCCC2)C1(c1ccco1)N1CCCCC1. The highest BCUT2D eigenvalue weighted by Crippen LogP contribution is 2.78. The molecule has 0 bridgehead atoms. The van der Waals surface area contributed by atoms with Gasteiger partial charge < -0.3 is 4.42 Å². The molecule has 11 nitrogen and oxygen atoms in total. The Bertz CT molecular complexity index is 2910. The first-order valence-corrected chi connectivity index (χ1v) is 23.6. The topological polar surface area (TPSA) is 130 Å². The van der Waals surface area contributed by atoms with E-state index in [0.29, 0.717) is 11.5 Å². The number of Topliss-reactive ketones (excluding diaryl/α,β-unsaturated/α-hetero) is 1. The van der Waals surface area contributed by atoms with Crippen LogP contribution in [0, 0.1) is 11.8 Å². The number of rotatable bonds is 9. The molecule has 8 aromatic rings. The summed E-state index contributed by atoms with van der Waals surface area (Å²) in [6.07, 6.45) is 21.4. The Morgan fingerprint density at radius 3 is 2.12 bits per heavy atom. The van der Waals surface area contributed by atoms with Gasteiger partial charge in [0.2, 0.25) is 0 Å². The van der Waals surface area contributed by atoms with Crippen LogP contribution < -0.4 is 0 Å². The monoisotopic (exact) mass is 859 g/mol. The molecule has 4 fully saturated rings. The maximum atomic E-state index is 17.9. The van der Waals surface area contributed by atoms with E-state index in [0.717, 1.165) is 128 Å². The predicted molar refractivity (Wildman–Crippen MR) is 249 cm³/mol. The molecule has 0 amide bonds. The predicted octanol–water partition coefficient (Wildman–Crippen LogP) is 9.58. The molecule has 0 spiro atoms. The van der Waals surface area contributed by atoms with E-state index in [2.05, 4.69) is 81.6 Å². The fourth-order valence-corrected chi connectivity index (χ4v) is 14.2. The molecule has 7 heterocycles. The van der Waals surface area contributed by atoms with E-state index >= 15 is 4.79 Å². The van der Waals surface area contributed by atoms with Gasteiger partial charge in [0.1, 0.15) is 33.8 Å². The van der Waals surface area contributed by atoms with Gasteiger partial charge in [-0.3, -0.25) is 29.7 Å². The molecular formula is C54H53N9O2. The number of furan rings is 1. The quantitative estimate of drug-likeness (QED) is 0.140. The van der Waals surface area contributed by atoms with E-state index in [9.17, 15) is 0 Å². The van der Waals surface area contributed by atoms with Crippen molar-refractivity contribution in [2.45, 2.75) is 79.7 Å². The molecule has 1 N–H and O–H groups in total. The Morgan fingerprint density at radius 2 is 1.37 bits per heavy atom. The Labute approximate surface area is 378 Å². The van der Waals surface area contributed by atoms with Crippen molar-refractivity contribution >= 4 is 27.5 Å². The fraction of sp³-hybridized carbons (Fsp3) is 0.352. The highest BCUT2D eigenvalue weighted by Gasteiger charge is 2.87. The first-order valence-electron chi connectivity index (χ1n) is 23.6. The van der Waals surface area contributed by atoms with Crippen LogP contribution in [0.3, 0.4) is 0 Å². The third kappa shape index (κ3) is 5.39. The molecule has 5 aromatic heterocycles. The number of para-hydroxylation sites is 1. The van der Waals surface area contributed by atoms with Crippen LogP contribution in [0.2, 0.25) is 0 Å². The number of likely N-dealkylation sites (tertiary alicyclic amines) is 2. The molecule has 65 heavy (non-hydrogen) atoms. The van der Waals surface area contributed by atoms with Gasteiger partial charge in [0.25, 0.3) is 0 Å². The number of aromatic amines is 1. The minimum Gasteiger partial charge on any atom is -0.467 e. The highest BCUT2D eigenvalue weighted by molar-refractivity contribution is 6.09. The number of benzene rings is 3. The number of H-pyrrole nitrogens is 1. The van der Waals surface area contributed by atoms with Gasteiger partial charge in [0.05, 0.1) is 28.6 Å². The molecule has 6 unspecified atom stereocenters. The van der Waals surface area contributed by atoms with Crippen LogP contribution in [0.1, 0.15) is 96.8 Å². The van der Waals surface area contributed by atoms with Crippen LogP contribution in [0.5, 0.6) is 0 Å². The van der Waals surface area contributed by atoms with Crippen molar-refractivity contribution in [3.8, 4) is 0 Å². The van der Waals surface area contributed by atoms with Crippen LogP contribution in [-0.2, 0) is 21.9 Å². The van der Waals surface area contributed by atoms with Crippen LogP contribution in [-0.4, -0.2) is 76.9 Å². The molecular weight excluding hydrogens is 807 g/mol. The summed E-state index contributed by atoms with van der Waals surface area (Å²) in [4.78, 5) is 50.0. The smallest absolute Gasteiger partial charge is 0.194 e. The molecule has 12 rings (SSSR count). The Kier molecular flexibility index (Phi) is 9.82. The number of carbonyl (C=O) groups is 1. The normalized spacial score (nSPS) is 28.6. The van der Waals surface area contributed by atoms with Gasteiger partial charge in [-0.25, -0.2) is 15.0 Å². The van der Waals surface area contributed by atoms with Gasteiger partial charge >= 0.3 is 0 Å². The van der Waals surface area contributed by atoms with Crippen LogP contribution >= 0.6 is 0 Å². The first kappa shape index (κ1) is 40.1. The van der Waals surface area contributed by atoms with Crippen molar-refractivity contribution in [2.24, 2.45) is 11.8 Å². The lowest BCUT2D eigenvalue weighted by Gasteiger charge is -2.76. The zero-order valence-electron chi connectivity index (χ0n) is 36.6. The number of piperidine rings is 1. The first-order chi connectivity index (χ1) is 32.2. The van der Waals surface area contributed by atoms with Crippen LogP contribution in [0.4, 0.5) is 0 Å². The zero-order chi connectivity index (χ0) is 43.5. The molecule has 3 aromatic carbocycles. The van der Waals surface area contributed by atoms with E-state index in [1.165, 1.54) is 0 Å². The summed E-state index contributed by atoms with van der Waals surface area (Å²) in [5.74, 6) is 0.795. The Hall–Kier alpha value is -6.43. The number of aromatic nitrogens is 7. The number of carbonyl (C=O) groups excluding carboxylic acids is 1. The van der Waals surface area contributed by atoms with Gasteiger partial charge in [0, 0.05) is 42.6 Å². The molecule has 6 atom stereocenters. The second-order valence-corrected chi connectivity index (χ2v) is 18.6. The third-order valence-corrected chi connectivity index (χ3v) is 16.0. The Balaban J connectivity index is 1.40. The van der Waals surface area contributed by atoms with E-state index in [-0.39, 0.29) is 17.6 Å². The zero-order valence-corrected chi connectivity index (χ0v) is 36.6. The molecule has 326 valence electrons. The standard InChI is InChI=1S/C54H53N9O2/c64-49(45-25-24-39-16-3-7-22-44(39)60-45)51(41-21-12-17-38-15-2-4-18-40(38)41)42-19-5-6-20-43(42)52(47-37-55-30-31-56-47,50-57-27-14-28-58-50)53(46-26-29-59-61-46,62-34-10-11-35-62)54(51,48-23-13-36-65-48)63-32-8-1-9-33-63/h2-4,7,12-18,21-31,36-37,42-43H,1,5-6,8-11,19-20,32-35H2,(H,59,61). The maximum Gasteiger partial charge on any atom is 0.194 e. The summed E-state index contributed by atoms with van der Waals surface area (Å²) in [7, 11) is 0. The molecule has 2 saturated carbocycles. The molecule has 2 aliphatic heterocycles. The number of pyridine rings is 1. The molecule has 4 aliphatic rings. The fourth-order valence-electron chi connectivity index (χ4n) is 14.2. The second-order valence-electron chi connectivity index (χ2n) is 18.6. The summed E-state index contributed by atoms with van der Waals surface area (Å²) in [6.45, 7) is 2.93. The number of hydrogen-bond donors (Lipinski definition) is 1. The lowest BCUT2D eigenvalue weighted by Crippen LogP contribution is -2.88. The third-order valence-electron chi connectivity index (χ3n) is 16.0. The summed E-state index contributed by atoms with van der Waals surface area (Å²) < 4.78 is 7.28. The van der Waals surface area contributed by atoms with E-state index in [1.54, 1.807) is 6.20 Å². The van der Waals surface area contributed by atoms with Gasteiger partial charge in [-0.2, -0.15) is 5.10 Å². The van der Waals surface area contributed by atoms with Crippen molar-refractivity contribution < 1.29 is 9.21 Å². The van der Waals surface area contributed by atoms with Crippen LogP contribution in [0.15, 0.2) is 151 Å². The van der Waals surface area contributed by atoms with E-state index in [4.69, 9.17) is 34.4 Å². The minimum absolute atomic E-state index is 0.0108. The number of ketones is 1. The van der Waals surface area contributed by atoms with Crippen LogP contribution in [0.25, 0.3) is 21.7 Å². The molecule has 0 radical (unpaired) electrons. The summed E-state index contributed by atoms with van der Waals surface area (Å²) in [5.41, 5.74) is -1.28. The average molecular weight is 860 g/mol. The number of fused-ring (bicyclic) bond motifs is 3. The van der Waals surface area contributed by atoms with E-state index < -0.39 is 21.9 Å².